The summed E-state index contributed by atoms with van der Waals surface area (Å²) in [5.41, 5.74) is -7.69. The highest BCUT2D eigenvalue weighted by molar-refractivity contribution is 7.92. The van der Waals surface area contributed by atoms with Crippen LogP contribution in [-0.2, 0) is 30.8 Å². The molecule has 1 aliphatic carbocycles. The highest BCUT2D eigenvalue weighted by Crippen LogP contribution is 2.52. The fourth-order valence-corrected chi connectivity index (χ4v) is 6.56. The molecule has 0 bridgehead atoms. The third kappa shape index (κ3) is 4.45. The Morgan fingerprint density at radius 3 is 1.88 bits per heavy atom. The van der Waals surface area contributed by atoms with E-state index >= 15 is 0 Å². The van der Waals surface area contributed by atoms with E-state index in [1.165, 1.54) is 4.72 Å². The molecular weight excluding hydrogens is 510 g/mol. The van der Waals surface area contributed by atoms with Crippen molar-refractivity contribution in [2.75, 3.05) is 0 Å². The van der Waals surface area contributed by atoms with Gasteiger partial charge in [-0.25, -0.2) is 30.3 Å². The van der Waals surface area contributed by atoms with Crippen molar-refractivity contribution in [3.8, 4) is 0 Å². The van der Waals surface area contributed by atoms with Crippen LogP contribution < -0.4 is 4.72 Å². The van der Waals surface area contributed by atoms with Crippen molar-refractivity contribution < 1.29 is 52.0 Å². The summed E-state index contributed by atoms with van der Waals surface area (Å²) in [5, 5.41) is 0. The summed E-state index contributed by atoms with van der Waals surface area (Å²) in [6.45, 7) is 0. The molecule has 182 valence electrons. The van der Waals surface area contributed by atoms with Crippen molar-refractivity contribution >= 4 is 19.9 Å². The third-order valence-corrected chi connectivity index (χ3v) is 8.93. The van der Waals surface area contributed by atoms with E-state index in [0.717, 1.165) is 0 Å². The number of alkyl halides is 6. The van der Waals surface area contributed by atoms with Gasteiger partial charge in [-0.05, 0) is 55.3 Å². The van der Waals surface area contributed by atoms with E-state index in [1.54, 1.807) is 0 Å². The summed E-state index contributed by atoms with van der Waals surface area (Å²) in [7, 11) is -10.7. The Hall–Kier alpha value is -2.26. The van der Waals surface area contributed by atoms with Crippen LogP contribution in [0, 0.1) is 11.6 Å². The second kappa shape index (κ2) is 7.91. The molecule has 33 heavy (non-hydrogen) atoms. The van der Waals surface area contributed by atoms with Crippen LogP contribution in [0.3, 0.4) is 0 Å². The molecule has 0 atom stereocenters. The van der Waals surface area contributed by atoms with Gasteiger partial charge in [0.05, 0.1) is 10.5 Å². The summed E-state index contributed by atoms with van der Waals surface area (Å²) in [6, 6.07) is 2.11. The molecule has 0 radical (unpaired) electrons. The highest BCUT2D eigenvalue weighted by Gasteiger charge is 2.59. The lowest BCUT2D eigenvalue weighted by molar-refractivity contribution is -0.137. The average molecular weight is 523 g/mol. The van der Waals surface area contributed by atoms with Crippen LogP contribution in [0.15, 0.2) is 47.4 Å². The zero-order valence-corrected chi connectivity index (χ0v) is 17.6. The zero-order valence-electron chi connectivity index (χ0n) is 16.0. The van der Waals surface area contributed by atoms with Gasteiger partial charge < -0.3 is 0 Å². The lowest BCUT2D eigenvalue weighted by atomic mass is 9.75. The molecule has 3 rings (SSSR count). The molecular formula is C18H13F8NO4S2. The second-order valence-electron chi connectivity index (χ2n) is 7.32. The Labute approximate surface area is 182 Å². The molecule has 5 nitrogen and oxygen atoms in total. The van der Waals surface area contributed by atoms with Gasteiger partial charge in [0.25, 0.3) is 0 Å². The number of benzene rings is 2. The Morgan fingerprint density at radius 1 is 0.848 bits per heavy atom. The summed E-state index contributed by atoms with van der Waals surface area (Å²) < 4.78 is 153. The summed E-state index contributed by atoms with van der Waals surface area (Å²) >= 11 is 0. The van der Waals surface area contributed by atoms with Gasteiger partial charge in [-0.3, -0.25) is 0 Å². The molecule has 1 saturated carbocycles. The van der Waals surface area contributed by atoms with Crippen LogP contribution in [0.25, 0.3) is 0 Å². The molecule has 1 aliphatic rings. The molecule has 1 fully saturated rings. The normalized spacial score (nSPS) is 22.1. The average Bonchev–Trinajstić information content (AvgIpc) is 2.64. The molecule has 15 heteroatoms. The van der Waals surface area contributed by atoms with E-state index in [9.17, 15) is 52.0 Å². The van der Waals surface area contributed by atoms with Gasteiger partial charge in [0, 0.05) is 11.6 Å². The van der Waals surface area contributed by atoms with E-state index in [4.69, 9.17) is 0 Å². The summed E-state index contributed by atoms with van der Waals surface area (Å²) in [4.78, 5) is -0.740. The minimum absolute atomic E-state index is 0.436. The Bertz CT molecular complexity index is 1260. The second-order valence-corrected chi connectivity index (χ2v) is 11.3. The number of nitrogens with one attached hydrogen (secondary N) is 1. The summed E-state index contributed by atoms with van der Waals surface area (Å²) in [5.74, 6) is -2.34. The number of sulfone groups is 1. The van der Waals surface area contributed by atoms with E-state index < -0.39 is 82.8 Å². The smallest absolute Gasteiger partial charge is 0.223 e. The van der Waals surface area contributed by atoms with E-state index in [0.29, 0.717) is 42.5 Å². The van der Waals surface area contributed by atoms with Crippen LogP contribution in [0.2, 0.25) is 0 Å². The molecule has 0 aromatic heterocycles. The Morgan fingerprint density at radius 2 is 1.39 bits per heavy atom. The first-order valence-electron chi connectivity index (χ1n) is 8.87. The maximum Gasteiger partial charge on any atom is 0.511 e. The number of sulfonamides is 1. The van der Waals surface area contributed by atoms with Crippen molar-refractivity contribution in [3.05, 3.63) is 65.2 Å². The first-order valence-corrected chi connectivity index (χ1v) is 11.8. The lowest BCUT2D eigenvalue weighted by Crippen LogP contribution is -2.58. The molecule has 1 N–H and O–H groups in total. The summed E-state index contributed by atoms with van der Waals surface area (Å²) in [6.07, 6.45) is -6.65. The van der Waals surface area contributed by atoms with Gasteiger partial charge in [0.15, 0.2) is 9.84 Å². The van der Waals surface area contributed by atoms with Gasteiger partial charge in [-0.1, -0.05) is 0 Å². The van der Waals surface area contributed by atoms with Crippen LogP contribution in [-0.4, -0.2) is 28.4 Å². The van der Waals surface area contributed by atoms with Crippen LogP contribution in [0.4, 0.5) is 35.1 Å². The van der Waals surface area contributed by atoms with Gasteiger partial charge in [0.2, 0.25) is 0 Å². The van der Waals surface area contributed by atoms with Gasteiger partial charge in [-0.2, -0.15) is 26.3 Å². The molecule has 0 aliphatic heterocycles. The van der Waals surface area contributed by atoms with Crippen LogP contribution in [0.5, 0.6) is 0 Å². The first-order chi connectivity index (χ1) is 14.9. The molecule has 0 unspecified atom stereocenters. The number of hydrogen-bond acceptors (Lipinski definition) is 4. The van der Waals surface area contributed by atoms with Crippen molar-refractivity contribution in [3.63, 3.8) is 0 Å². The minimum atomic E-state index is -5.88. The van der Waals surface area contributed by atoms with Gasteiger partial charge in [-0.15, -0.1) is 0 Å². The van der Waals surface area contributed by atoms with Crippen LogP contribution >= 0.6 is 0 Å². The lowest BCUT2D eigenvalue weighted by Gasteiger charge is -2.47. The maximum atomic E-state index is 14.5. The van der Waals surface area contributed by atoms with E-state index in [2.05, 4.69) is 0 Å². The van der Waals surface area contributed by atoms with Crippen molar-refractivity contribution in [1.29, 1.82) is 0 Å². The molecule has 0 heterocycles. The van der Waals surface area contributed by atoms with Crippen molar-refractivity contribution in [2.45, 2.75) is 40.2 Å². The van der Waals surface area contributed by atoms with E-state index in [1.807, 2.05) is 0 Å². The first kappa shape index (κ1) is 25.4. The fourth-order valence-electron chi connectivity index (χ4n) is 3.59. The highest BCUT2D eigenvalue weighted by atomic mass is 32.2. The Kier molecular flexibility index (Phi) is 6.08. The zero-order chi connectivity index (χ0) is 25.0. The van der Waals surface area contributed by atoms with Crippen molar-refractivity contribution in [1.82, 2.24) is 4.72 Å². The molecule has 0 saturated heterocycles. The quantitative estimate of drug-likeness (QED) is 0.595. The number of halogens is 8. The van der Waals surface area contributed by atoms with Crippen LogP contribution in [0.1, 0.15) is 24.0 Å². The third-order valence-electron chi connectivity index (χ3n) is 5.20. The predicted octanol–water partition coefficient (Wildman–Crippen LogP) is 4.25. The molecule has 2 aromatic carbocycles. The van der Waals surface area contributed by atoms with E-state index in [-0.39, 0.29) is 0 Å². The van der Waals surface area contributed by atoms with Gasteiger partial charge >= 0.3 is 21.7 Å². The standard InChI is InChI=1S/C18H13F8NO4S2/c19-11-3-6-15(20)14(7-11)16(8-12(9-16)27-33(30,31)18(24,25)26)32(28,29)13-4-1-10(2-5-13)17(21,22)23/h1-7,12,27H,8-9H2/t12-,16+. The van der Waals surface area contributed by atoms with Crippen molar-refractivity contribution in [2.24, 2.45) is 0 Å². The minimum Gasteiger partial charge on any atom is -0.223 e. The SMILES string of the molecule is O=S(=O)(N[C@H]1C[C@@](c2cc(F)ccc2F)(S(=O)(=O)c2ccc(C(F)(F)F)cc2)C1)C(F)(F)F. The molecule has 0 amide bonds. The predicted molar refractivity (Wildman–Crippen MR) is 97.8 cm³/mol. The largest absolute Gasteiger partial charge is 0.511 e. The number of hydrogen-bond donors (Lipinski definition) is 1. The monoisotopic (exact) mass is 523 g/mol. The topological polar surface area (TPSA) is 80.3 Å². The van der Waals surface area contributed by atoms with Gasteiger partial charge in [0.1, 0.15) is 16.4 Å². The number of rotatable bonds is 5. The maximum absolute atomic E-state index is 14.5. The molecule has 2 aromatic rings. The Balaban J connectivity index is 2.07. The molecule has 0 spiro atoms. The fraction of sp³-hybridized carbons (Fsp3) is 0.333.